The number of furan rings is 1. The van der Waals surface area contributed by atoms with Crippen molar-refractivity contribution >= 4 is 65.6 Å². The van der Waals surface area contributed by atoms with Gasteiger partial charge in [-0.15, -0.1) is 0 Å². The molecule has 0 aliphatic heterocycles. The lowest BCUT2D eigenvalue weighted by atomic mass is 10.0. The molecular weight excluding hydrogens is 548 g/mol. The number of hydrogen-bond acceptors (Lipinski definition) is 1. The number of fused-ring (bicyclic) bond motifs is 10. The third kappa shape index (κ3) is 3.46. The van der Waals surface area contributed by atoms with Crippen molar-refractivity contribution in [1.82, 2.24) is 9.13 Å². The summed E-state index contributed by atoms with van der Waals surface area (Å²) in [6.45, 7) is 0. The van der Waals surface area contributed by atoms with E-state index in [1.165, 1.54) is 60.4 Å². The van der Waals surface area contributed by atoms with Crippen LogP contribution >= 0.6 is 0 Å². The Bertz CT molecular complexity index is 2760. The van der Waals surface area contributed by atoms with Gasteiger partial charge in [-0.05, 0) is 77.9 Å². The molecule has 0 saturated carbocycles. The van der Waals surface area contributed by atoms with Gasteiger partial charge in [-0.25, -0.2) is 0 Å². The van der Waals surface area contributed by atoms with E-state index in [1.807, 2.05) is 12.1 Å². The second-order valence-electron chi connectivity index (χ2n) is 11.8. The number of benzene rings is 7. The van der Waals surface area contributed by atoms with E-state index < -0.39 is 0 Å². The average Bonchev–Trinajstić information content (AvgIpc) is 3.76. The van der Waals surface area contributed by atoms with E-state index in [-0.39, 0.29) is 0 Å². The van der Waals surface area contributed by atoms with Crippen LogP contribution < -0.4 is 0 Å². The van der Waals surface area contributed by atoms with Crippen LogP contribution in [0.15, 0.2) is 162 Å². The molecule has 10 aromatic rings. The topological polar surface area (TPSA) is 23.0 Å². The zero-order chi connectivity index (χ0) is 29.5. The van der Waals surface area contributed by atoms with Gasteiger partial charge in [0.25, 0.3) is 0 Å². The molecule has 0 bridgehead atoms. The molecule has 0 atom stereocenters. The summed E-state index contributed by atoms with van der Waals surface area (Å²) in [7, 11) is 0. The van der Waals surface area contributed by atoms with E-state index in [2.05, 4.69) is 155 Å². The fourth-order valence-electron chi connectivity index (χ4n) is 7.38. The van der Waals surface area contributed by atoms with Crippen LogP contribution in [0, 0.1) is 0 Å². The number of hydrogen-bond donors (Lipinski definition) is 0. The normalized spacial score (nSPS) is 12.0. The molecule has 0 radical (unpaired) electrons. The third-order valence-electron chi connectivity index (χ3n) is 9.30. The zero-order valence-electron chi connectivity index (χ0n) is 24.3. The SMILES string of the molecule is c1ccc(-n2c3ccccc3c3c4c5ccccc5n(-c5cccc(-c6ccc7oc8ccccc8c7c6)c5)c4ccc32)cc1. The van der Waals surface area contributed by atoms with Crippen LogP contribution in [0.2, 0.25) is 0 Å². The van der Waals surface area contributed by atoms with Gasteiger partial charge >= 0.3 is 0 Å². The molecule has 3 heterocycles. The highest BCUT2D eigenvalue weighted by molar-refractivity contribution is 6.28. The number of para-hydroxylation sites is 4. The first-order valence-corrected chi connectivity index (χ1v) is 15.4. The molecule has 0 spiro atoms. The molecule has 210 valence electrons. The highest BCUT2D eigenvalue weighted by atomic mass is 16.3. The van der Waals surface area contributed by atoms with Gasteiger partial charge in [-0.3, -0.25) is 0 Å². The zero-order valence-corrected chi connectivity index (χ0v) is 24.3. The van der Waals surface area contributed by atoms with Crippen LogP contribution in [-0.2, 0) is 0 Å². The molecule has 0 aliphatic carbocycles. The van der Waals surface area contributed by atoms with Gasteiger partial charge < -0.3 is 13.6 Å². The van der Waals surface area contributed by atoms with E-state index in [9.17, 15) is 0 Å². The standard InChI is InChI=1S/C42H26N2O/c1-2-12-29(13-3-1)43-35-18-7-4-16-32(35)41-37(43)22-23-38-42(41)33-17-5-8-19-36(33)44(38)30-14-10-11-27(25-30)28-21-24-40-34(26-28)31-15-6-9-20-39(31)45-40/h1-26H. The summed E-state index contributed by atoms with van der Waals surface area (Å²) in [6, 6.07) is 56.5. The van der Waals surface area contributed by atoms with Crippen LogP contribution in [0.5, 0.6) is 0 Å². The molecule has 0 aliphatic rings. The summed E-state index contributed by atoms with van der Waals surface area (Å²) in [6.07, 6.45) is 0. The van der Waals surface area contributed by atoms with Crippen molar-refractivity contribution in [1.29, 1.82) is 0 Å². The Labute approximate surface area is 258 Å². The first-order valence-electron chi connectivity index (χ1n) is 15.4. The van der Waals surface area contributed by atoms with Crippen molar-refractivity contribution in [2.75, 3.05) is 0 Å². The lowest BCUT2D eigenvalue weighted by molar-refractivity contribution is 0.669. The van der Waals surface area contributed by atoms with Crippen LogP contribution in [0.4, 0.5) is 0 Å². The van der Waals surface area contributed by atoms with Gasteiger partial charge in [0.1, 0.15) is 11.2 Å². The predicted octanol–water partition coefficient (Wildman–Crippen LogP) is 11.4. The second-order valence-corrected chi connectivity index (χ2v) is 11.8. The lowest BCUT2D eigenvalue weighted by Gasteiger charge is -2.11. The molecular formula is C42H26N2O. The second kappa shape index (κ2) is 9.22. The summed E-state index contributed by atoms with van der Waals surface area (Å²) in [5.41, 5.74) is 11.3. The number of aromatic nitrogens is 2. The minimum Gasteiger partial charge on any atom is -0.456 e. The van der Waals surface area contributed by atoms with Crippen LogP contribution in [0.25, 0.3) is 88.1 Å². The van der Waals surface area contributed by atoms with Crippen LogP contribution in [0.1, 0.15) is 0 Å². The predicted molar refractivity (Wildman–Crippen MR) is 188 cm³/mol. The molecule has 0 fully saturated rings. The fourth-order valence-corrected chi connectivity index (χ4v) is 7.38. The molecule has 7 aromatic carbocycles. The molecule has 0 N–H and O–H groups in total. The van der Waals surface area contributed by atoms with Crippen molar-refractivity contribution in [2.24, 2.45) is 0 Å². The highest BCUT2D eigenvalue weighted by Crippen LogP contribution is 2.42. The highest BCUT2D eigenvalue weighted by Gasteiger charge is 2.20. The van der Waals surface area contributed by atoms with Crippen molar-refractivity contribution in [3.63, 3.8) is 0 Å². The summed E-state index contributed by atoms with van der Waals surface area (Å²) in [4.78, 5) is 0. The molecule has 3 nitrogen and oxygen atoms in total. The Balaban J connectivity index is 1.25. The maximum Gasteiger partial charge on any atom is 0.135 e. The van der Waals surface area contributed by atoms with Gasteiger partial charge in [0.2, 0.25) is 0 Å². The monoisotopic (exact) mass is 574 g/mol. The Kier molecular flexibility index (Phi) is 5.00. The van der Waals surface area contributed by atoms with E-state index in [1.54, 1.807) is 0 Å². The molecule has 3 aromatic heterocycles. The summed E-state index contributed by atoms with van der Waals surface area (Å²) in [5.74, 6) is 0. The molecule has 0 amide bonds. The van der Waals surface area contributed by atoms with Crippen LogP contribution in [-0.4, -0.2) is 9.13 Å². The van der Waals surface area contributed by atoms with Crippen LogP contribution in [0.3, 0.4) is 0 Å². The first kappa shape index (κ1) is 24.4. The Morgan fingerprint density at radius 1 is 0.333 bits per heavy atom. The van der Waals surface area contributed by atoms with Crippen molar-refractivity contribution < 1.29 is 4.42 Å². The average molecular weight is 575 g/mol. The van der Waals surface area contributed by atoms with E-state index in [4.69, 9.17) is 4.42 Å². The van der Waals surface area contributed by atoms with E-state index in [0.29, 0.717) is 0 Å². The molecule has 0 saturated heterocycles. The minimum atomic E-state index is 0.914. The summed E-state index contributed by atoms with van der Waals surface area (Å²) in [5, 5.41) is 7.38. The Hall–Kier alpha value is -6.06. The molecule has 3 heteroatoms. The summed E-state index contributed by atoms with van der Waals surface area (Å²) < 4.78 is 10.9. The number of nitrogens with zero attached hydrogens (tertiary/aromatic N) is 2. The van der Waals surface area contributed by atoms with Gasteiger partial charge in [-0.2, -0.15) is 0 Å². The number of rotatable bonds is 3. The van der Waals surface area contributed by atoms with Crippen molar-refractivity contribution in [3.05, 3.63) is 158 Å². The molecule has 45 heavy (non-hydrogen) atoms. The van der Waals surface area contributed by atoms with Gasteiger partial charge in [-0.1, -0.05) is 91.0 Å². The minimum absolute atomic E-state index is 0.914. The summed E-state index contributed by atoms with van der Waals surface area (Å²) >= 11 is 0. The lowest BCUT2D eigenvalue weighted by Crippen LogP contribution is -1.95. The molecule has 10 rings (SSSR count). The maximum absolute atomic E-state index is 6.11. The fraction of sp³-hybridized carbons (Fsp3) is 0. The van der Waals surface area contributed by atoms with Crippen molar-refractivity contribution in [3.8, 4) is 22.5 Å². The van der Waals surface area contributed by atoms with Gasteiger partial charge in [0, 0.05) is 43.7 Å². The quantitative estimate of drug-likeness (QED) is 0.206. The smallest absolute Gasteiger partial charge is 0.135 e. The van der Waals surface area contributed by atoms with Crippen molar-refractivity contribution in [2.45, 2.75) is 0 Å². The Morgan fingerprint density at radius 3 is 1.62 bits per heavy atom. The largest absolute Gasteiger partial charge is 0.456 e. The van der Waals surface area contributed by atoms with E-state index >= 15 is 0 Å². The molecule has 0 unspecified atom stereocenters. The maximum atomic E-state index is 6.11. The van der Waals surface area contributed by atoms with Gasteiger partial charge in [0.05, 0.1) is 22.1 Å². The Morgan fingerprint density at radius 2 is 0.889 bits per heavy atom. The van der Waals surface area contributed by atoms with E-state index in [0.717, 1.165) is 27.6 Å². The third-order valence-corrected chi connectivity index (χ3v) is 9.30. The van der Waals surface area contributed by atoms with Gasteiger partial charge in [0.15, 0.2) is 0 Å². The first-order chi connectivity index (χ1) is 22.3.